The topological polar surface area (TPSA) is 23.9 Å². The maximum Gasteiger partial charge on any atom is 0.197 e. The van der Waals surface area contributed by atoms with E-state index in [0.29, 0.717) is 0 Å². The summed E-state index contributed by atoms with van der Waals surface area (Å²) in [4.78, 5) is 0. The Labute approximate surface area is 90.3 Å². The molecule has 14 heavy (non-hydrogen) atoms. The van der Waals surface area contributed by atoms with Gasteiger partial charge >= 0.3 is 0 Å². The van der Waals surface area contributed by atoms with Gasteiger partial charge in [0.05, 0.1) is 0 Å². The maximum atomic E-state index is 7.38. The molecule has 0 aliphatic heterocycles. The highest BCUT2D eigenvalue weighted by molar-refractivity contribution is 7.45. The summed E-state index contributed by atoms with van der Waals surface area (Å²) in [5.74, 6) is 0. The summed E-state index contributed by atoms with van der Waals surface area (Å²) >= 11 is 0. The third kappa shape index (κ3) is 11.8. The Kier molecular flexibility index (Phi) is 10.8. The molecule has 0 aromatic rings. The van der Waals surface area contributed by atoms with Crippen LogP contribution >= 0.6 is 7.71 Å². The van der Waals surface area contributed by atoms with Crippen LogP contribution in [0, 0.1) is 5.16 Å². The van der Waals surface area contributed by atoms with Crippen LogP contribution in [0.2, 0.25) is 0 Å². The lowest BCUT2D eigenvalue weighted by molar-refractivity contribution is 0.611. The van der Waals surface area contributed by atoms with Gasteiger partial charge in [-0.2, -0.15) is 0 Å². The van der Waals surface area contributed by atoms with Crippen molar-refractivity contribution in [2.75, 3.05) is 12.8 Å². The van der Waals surface area contributed by atoms with Crippen LogP contribution in [0.1, 0.15) is 51.9 Å². The smallest absolute Gasteiger partial charge is 0.125 e. The molecule has 0 amide bonds. The lowest BCUT2D eigenvalue weighted by atomic mass is 10.1. The van der Waals surface area contributed by atoms with E-state index in [1.54, 1.807) is 0 Å². The van der Waals surface area contributed by atoms with Crippen LogP contribution in [0.4, 0.5) is 0 Å². The third-order valence-electron chi connectivity index (χ3n) is 2.27. The average molecular weight is 214 g/mol. The molecule has 0 aliphatic carbocycles. The summed E-state index contributed by atoms with van der Waals surface area (Å²) in [5, 5.41) is 7.38. The first kappa shape index (κ1) is 13.8. The van der Waals surface area contributed by atoms with E-state index >= 15 is 0 Å². The van der Waals surface area contributed by atoms with Gasteiger partial charge in [0.25, 0.3) is 0 Å². The Balaban J connectivity index is 3.05. The summed E-state index contributed by atoms with van der Waals surface area (Å²) in [6, 6.07) is 0. The molecule has 0 rings (SSSR count). The fourth-order valence-corrected chi connectivity index (χ4v) is 1.86. The summed E-state index contributed by atoms with van der Waals surface area (Å²) in [7, 11) is -0.470. The second-order valence-electron chi connectivity index (χ2n) is 3.91. The molecular weight excluding hydrogens is 189 g/mol. The standard InChI is InChI=1S/C12H25NP/c1-3-4-5-6-7-8-9-10-11-12-14(2)13/h10-11,13H,3-9,12H2,1-2H3/q+1/b11-10+. The minimum atomic E-state index is -0.470. The maximum absolute atomic E-state index is 7.38. The molecule has 1 unspecified atom stereocenters. The lowest BCUT2D eigenvalue weighted by Crippen LogP contribution is -1.77. The normalized spacial score (nSPS) is 12.3. The monoisotopic (exact) mass is 214 g/mol. The van der Waals surface area contributed by atoms with Crippen LogP contribution in [-0.4, -0.2) is 12.8 Å². The van der Waals surface area contributed by atoms with Gasteiger partial charge in [-0.1, -0.05) is 45.1 Å². The zero-order valence-electron chi connectivity index (χ0n) is 9.76. The van der Waals surface area contributed by atoms with Crippen molar-refractivity contribution in [2.24, 2.45) is 0 Å². The molecule has 0 aliphatic rings. The van der Waals surface area contributed by atoms with Gasteiger partial charge in [-0.3, -0.25) is 0 Å². The van der Waals surface area contributed by atoms with Crippen molar-refractivity contribution < 1.29 is 0 Å². The van der Waals surface area contributed by atoms with Gasteiger partial charge in [0.15, 0.2) is 7.71 Å². The predicted octanol–water partition coefficient (Wildman–Crippen LogP) is 5.17. The van der Waals surface area contributed by atoms with E-state index in [1.807, 2.05) is 6.66 Å². The molecule has 0 radical (unpaired) electrons. The largest absolute Gasteiger partial charge is 0.197 e. The lowest BCUT2D eigenvalue weighted by Gasteiger charge is -1.97. The molecule has 0 saturated carbocycles. The van der Waals surface area contributed by atoms with Crippen LogP contribution in [0.15, 0.2) is 12.2 Å². The second-order valence-corrected chi connectivity index (χ2v) is 5.67. The molecule has 0 saturated heterocycles. The van der Waals surface area contributed by atoms with Crippen molar-refractivity contribution >= 4 is 7.71 Å². The molecular formula is C12H25NP+. The summed E-state index contributed by atoms with van der Waals surface area (Å²) < 4.78 is 0. The van der Waals surface area contributed by atoms with Gasteiger partial charge in [-0.15, -0.1) is 5.16 Å². The highest BCUT2D eigenvalue weighted by Gasteiger charge is 1.92. The molecule has 82 valence electrons. The van der Waals surface area contributed by atoms with Crippen molar-refractivity contribution in [1.82, 2.24) is 0 Å². The van der Waals surface area contributed by atoms with Gasteiger partial charge in [-0.25, -0.2) is 0 Å². The van der Waals surface area contributed by atoms with Crippen molar-refractivity contribution in [3.05, 3.63) is 12.2 Å². The van der Waals surface area contributed by atoms with Crippen molar-refractivity contribution in [3.8, 4) is 0 Å². The molecule has 1 N–H and O–H groups in total. The predicted molar refractivity (Wildman–Crippen MR) is 67.6 cm³/mol. The van der Waals surface area contributed by atoms with Gasteiger partial charge in [0, 0.05) is 0 Å². The quantitative estimate of drug-likeness (QED) is 0.311. The first-order valence-corrected chi connectivity index (χ1v) is 7.82. The molecule has 0 heterocycles. The number of unbranched alkanes of at least 4 members (excludes halogenated alkanes) is 6. The highest BCUT2D eigenvalue weighted by Crippen LogP contribution is 2.14. The molecule has 0 spiro atoms. The molecule has 0 aromatic heterocycles. The molecule has 0 bridgehead atoms. The van der Waals surface area contributed by atoms with Gasteiger partial charge in [-0.05, 0) is 18.9 Å². The second kappa shape index (κ2) is 10.9. The number of hydrogen-bond acceptors (Lipinski definition) is 1. The Morgan fingerprint density at radius 2 is 1.64 bits per heavy atom. The summed E-state index contributed by atoms with van der Waals surface area (Å²) in [5.41, 5.74) is 0. The van der Waals surface area contributed by atoms with Crippen LogP contribution < -0.4 is 0 Å². The molecule has 1 nitrogen and oxygen atoms in total. The molecule has 2 heteroatoms. The van der Waals surface area contributed by atoms with Crippen LogP contribution in [0.3, 0.4) is 0 Å². The molecule has 0 fully saturated rings. The minimum absolute atomic E-state index is 0.470. The SMILES string of the molecule is CCCCCCCC/C=C/C[P+](C)=N. The Morgan fingerprint density at radius 3 is 2.29 bits per heavy atom. The zero-order valence-corrected chi connectivity index (χ0v) is 10.7. The number of hydrogen-bond donors (Lipinski definition) is 1. The van der Waals surface area contributed by atoms with E-state index in [-0.39, 0.29) is 0 Å². The van der Waals surface area contributed by atoms with Crippen molar-refractivity contribution in [3.63, 3.8) is 0 Å². The minimum Gasteiger partial charge on any atom is -0.125 e. The number of nitrogens with one attached hydrogen (secondary N) is 1. The fraction of sp³-hybridized carbons (Fsp3) is 0.833. The van der Waals surface area contributed by atoms with Crippen LogP contribution in [-0.2, 0) is 0 Å². The average Bonchev–Trinajstić information content (AvgIpc) is 2.15. The van der Waals surface area contributed by atoms with E-state index in [9.17, 15) is 0 Å². The van der Waals surface area contributed by atoms with E-state index in [4.69, 9.17) is 5.16 Å². The van der Waals surface area contributed by atoms with E-state index in [1.165, 1.54) is 44.9 Å². The van der Waals surface area contributed by atoms with Gasteiger partial charge in [0.1, 0.15) is 12.8 Å². The van der Waals surface area contributed by atoms with E-state index in [2.05, 4.69) is 19.1 Å². The highest BCUT2D eigenvalue weighted by atomic mass is 31.1. The van der Waals surface area contributed by atoms with Crippen molar-refractivity contribution in [1.29, 1.82) is 5.16 Å². The summed E-state index contributed by atoms with van der Waals surface area (Å²) in [6.45, 7) is 4.26. The Hall–Kier alpha value is -0.160. The van der Waals surface area contributed by atoms with Gasteiger partial charge < -0.3 is 0 Å². The fourth-order valence-electron chi connectivity index (χ4n) is 1.39. The van der Waals surface area contributed by atoms with Gasteiger partial charge in [0.2, 0.25) is 0 Å². The molecule has 1 atom stereocenters. The zero-order chi connectivity index (χ0) is 10.6. The molecule has 0 aromatic carbocycles. The Morgan fingerprint density at radius 1 is 1.00 bits per heavy atom. The van der Waals surface area contributed by atoms with E-state index in [0.717, 1.165) is 6.16 Å². The summed E-state index contributed by atoms with van der Waals surface area (Å²) in [6.07, 6.45) is 14.9. The van der Waals surface area contributed by atoms with Crippen LogP contribution in [0.25, 0.3) is 0 Å². The van der Waals surface area contributed by atoms with E-state index < -0.39 is 7.71 Å². The first-order chi connectivity index (χ1) is 6.77. The van der Waals surface area contributed by atoms with Crippen LogP contribution in [0.5, 0.6) is 0 Å². The third-order valence-corrected chi connectivity index (χ3v) is 3.03. The number of rotatable bonds is 9. The van der Waals surface area contributed by atoms with Crippen molar-refractivity contribution in [2.45, 2.75) is 51.9 Å². The first-order valence-electron chi connectivity index (χ1n) is 5.84. The number of allylic oxidation sites excluding steroid dienone is 2. The Bertz CT molecular complexity index is 164.